The number of nitrogens with zero attached hydrogens (tertiary/aromatic N) is 2. The van der Waals surface area contributed by atoms with Gasteiger partial charge in [0.15, 0.2) is 0 Å². The minimum atomic E-state index is -0.0963. The van der Waals surface area contributed by atoms with E-state index in [0.717, 1.165) is 16.7 Å². The molecule has 1 aromatic heterocycles. The smallest absolute Gasteiger partial charge is 0.257 e. The Kier molecular flexibility index (Phi) is 5.57. The summed E-state index contributed by atoms with van der Waals surface area (Å²) in [4.78, 5) is 27.5. The van der Waals surface area contributed by atoms with E-state index in [1.165, 1.54) is 0 Å². The van der Waals surface area contributed by atoms with Gasteiger partial charge in [0.25, 0.3) is 11.5 Å². The highest BCUT2D eigenvalue weighted by Gasteiger charge is 2.25. The number of benzene rings is 2. The molecule has 30 heavy (non-hydrogen) atoms. The van der Waals surface area contributed by atoms with Crippen LogP contribution in [0.15, 0.2) is 65.6 Å². The Balaban J connectivity index is 1.59. The molecule has 0 bridgehead atoms. The summed E-state index contributed by atoms with van der Waals surface area (Å²) < 4.78 is 12.3. The van der Waals surface area contributed by atoms with Crippen LogP contribution in [0.4, 0.5) is 0 Å². The molecule has 0 N–H and O–H groups in total. The molecule has 1 amide bonds. The van der Waals surface area contributed by atoms with Gasteiger partial charge in [-0.05, 0) is 35.2 Å². The maximum Gasteiger partial charge on any atom is 0.257 e. The third-order valence-corrected chi connectivity index (χ3v) is 5.44. The van der Waals surface area contributed by atoms with Gasteiger partial charge in [0, 0.05) is 31.4 Å². The maximum absolute atomic E-state index is 13.2. The van der Waals surface area contributed by atoms with Crippen LogP contribution in [0.2, 0.25) is 0 Å². The van der Waals surface area contributed by atoms with E-state index in [-0.39, 0.29) is 11.5 Å². The van der Waals surface area contributed by atoms with E-state index in [1.807, 2.05) is 36.5 Å². The molecule has 0 saturated carbocycles. The summed E-state index contributed by atoms with van der Waals surface area (Å²) in [6.07, 6.45) is 2.54. The van der Waals surface area contributed by atoms with Crippen LogP contribution >= 0.6 is 0 Å². The molecular weight excluding hydrogens is 380 g/mol. The second-order valence-corrected chi connectivity index (χ2v) is 7.32. The highest BCUT2D eigenvalue weighted by Crippen LogP contribution is 2.27. The van der Waals surface area contributed by atoms with Gasteiger partial charge in [-0.15, -0.1) is 0 Å². The fourth-order valence-electron chi connectivity index (χ4n) is 3.80. The second-order valence-electron chi connectivity index (χ2n) is 7.32. The first-order valence-corrected chi connectivity index (χ1v) is 9.86. The number of amides is 1. The number of rotatable bonds is 5. The summed E-state index contributed by atoms with van der Waals surface area (Å²) in [5.74, 6) is 1.03. The normalized spacial score (nSPS) is 12.9. The average molecular weight is 404 g/mol. The number of ether oxygens (including phenoxy) is 2. The van der Waals surface area contributed by atoms with Crippen molar-refractivity contribution in [2.24, 2.45) is 0 Å². The van der Waals surface area contributed by atoms with Crippen molar-refractivity contribution in [1.82, 2.24) is 9.47 Å². The van der Waals surface area contributed by atoms with Crippen LogP contribution in [0.3, 0.4) is 0 Å². The minimum absolute atomic E-state index is 0.0193. The molecule has 154 valence electrons. The third-order valence-electron chi connectivity index (χ3n) is 5.44. The van der Waals surface area contributed by atoms with Crippen molar-refractivity contribution >= 4 is 5.91 Å². The van der Waals surface area contributed by atoms with Gasteiger partial charge in [0.05, 0.1) is 26.3 Å². The molecule has 3 aromatic rings. The first-order chi connectivity index (χ1) is 14.6. The first kappa shape index (κ1) is 19.8. The summed E-state index contributed by atoms with van der Waals surface area (Å²) in [7, 11) is 3.12. The van der Waals surface area contributed by atoms with Gasteiger partial charge in [-0.1, -0.05) is 30.3 Å². The molecule has 2 aromatic carbocycles. The molecule has 1 aliphatic heterocycles. The number of hydrogen-bond donors (Lipinski definition) is 0. The standard InChI is InChI=1S/C24H24N2O4/c1-29-20-8-9-21(22(13-20)30-2)24(28)25-11-10-18-12-23(27)26(16-19(18)15-25)14-17-6-4-3-5-7-17/h3-9,12-13,16H,10-11,14-15H2,1-2H3. The minimum Gasteiger partial charge on any atom is -0.497 e. The summed E-state index contributed by atoms with van der Waals surface area (Å²) in [6, 6.07) is 16.8. The molecule has 0 fully saturated rings. The third kappa shape index (κ3) is 3.94. The van der Waals surface area contributed by atoms with Gasteiger partial charge in [0.1, 0.15) is 11.5 Å². The van der Waals surface area contributed by atoms with E-state index in [9.17, 15) is 9.59 Å². The fraction of sp³-hybridized carbons (Fsp3) is 0.250. The van der Waals surface area contributed by atoms with Gasteiger partial charge in [-0.25, -0.2) is 0 Å². The van der Waals surface area contributed by atoms with Crippen molar-refractivity contribution in [1.29, 1.82) is 0 Å². The Morgan fingerprint density at radius 2 is 1.80 bits per heavy atom. The van der Waals surface area contributed by atoms with Crippen molar-refractivity contribution in [2.45, 2.75) is 19.5 Å². The lowest BCUT2D eigenvalue weighted by atomic mass is 10.0. The van der Waals surface area contributed by atoms with Crippen LogP contribution in [-0.4, -0.2) is 36.1 Å². The maximum atomic E-state index is 13.2. The Bertz CT molecular complexity index is 1120. The SMILES string of the molecule is COc1ccc(C(=O)N2CCc3cc(=O)n(Cc4ccccc4)cc3C2)c(OC)c1. The number of carbonyl (C=O) groups excluding carboxylic acids is 1. The van der Waals surface area contributed by atoms with Crippen molar-refractivity contribution < 1.29 is 14.3 Å². The summed E-state index contributed by atoms with van der Waals surface area (Å²) >= 11 is 0. The van der Waals surface area contributed by atoms with E-state index < -0.39 is 0 Å². The number of methoxy groups -OCH3 is 2. The Morgan fingerprint density at radius 3 is 2.53 bits per heavy atom. The number of carbonyl (C=O) groups is 1. The lowest BCUT2D eigenvalue weighted by Crippen LogP contribution is -2.37. The van der Waals surface area contributed by atoms with Gasteiger partial charge < -0.3 is 18.9 Å². The van der Waals surface area contributed by atoms with Crippen LogP contribution in [0.1, 0.15) is 27.0 Å². The molecule has 4 rings (SSSR count). The largest absolute Gasteiger partial charge is 0.497 e. The summed E-state index contributed by atoms with van der Waals surface area (Å²) in [5, 5.41) is 0. The zero-order valence-electron chi connectivity index (χ0n) is 17.1. The highest BCUT2D eigenvalue weighted by molar-refractivity contribution is 5.97. The lowest BCUT2D eigenvalue weighted by molar-refractivity contribution is 0.0730. The van der Waals surface area contributed by atoms with Crippen molar-refractivity contribution in [2.75, 3.05) is 20.8 Å². The predicted octanol–water partition coefficient (Wildman–Crippen LogP) is 3.11. The molecule has 6 nitrogen and oxygen atoms in total. The van der Waals surface area contributed by atoms with Crippen molar-refractivity contribution in [3.05, 3.63) is 93.4 Å². The first-order valence-electron chi connectivity index (χ1n) is 9.86. The van der Waals surface area contributed by atoms with Gasteiger partial charge >= 0.3 is 0 Å². The second kappa shape index (κ2) is 8.45. The zero-order valence-corrected chi connectivity index (χ0v) is 17.1. The molecule has 0 unspecified atom stereocenters. The van der Waals surface area contributed by atoms with E-state index >= 15 is 0 Å². The Morgan fingerprint density at radius 1 is 1.00 bits per heavy atom. The quantitative estimate of drug-likeness (QED) is 0.656. The topological polar surface area (TPSA) is 60.8 Å². The van der Waals surface area contributed by atoms with Gasteiger partial charge in [-0.2, -0.15) is 0 Å². The monoisotopic (exact) mass is 404 g/mol. The highest BCUT2D eigenvalue weighted by atomic mass is 16.5. The number of fused-ring (bicyclic) bond motifs is 1. The molecule has 0 saturated heterocycles. The van der Waals surface area contributed by atoms with Crippen LogP contribution in [-0.2, 0) is 19.5 Å². The summed E-state index contributed by atoms with van der Waals surface area (Å²) in [6.45, 7) is 1.52. The fourth-order valence-corrected chi connectivity index (χ4v) is 3.80. The number of pyridine rings is 1. The molecular formula is C24H24N2O4. The van der Waals surface area contributed by atoms with Crippen LogP contribution in [0.5, 0.6) is 11.5 Å². The van der Waals surface area contributed by atoms with Crippen LogP contribution in [0, 0.1) is 0 Å². The zero-order chi connectivity index (χ0) is 21.1. The molecule has 0 spiro atoms. The van der Waals surface area contributed by atoms with E-state index in [2.05, 4.69) is 0 Å². The average Bonchev–Trinajstić information content (AvgIpc) is 2.79. The lowest BCUT2D eigenvalue weighted by Gasteiger charge is -2.29. The van der Waals surface area contributed by atoms with Crippen molar-refractivity contribution in [3.63, 3.8) is 0 Å². The Hall–Kier alpha value is -3.54. The van der Waals surface area contributed by atoms with E-state index in [0.29, 0.717) is 43.1 Å². The van der Waals surface area contributed by atoms with Crippen LogP contribution < -0.4 is 15.0 Å². The number of aromatic nitrogens is 1. The van der Waals surface area contributed by atoms with Gasteiger partial charge in [-0.3, -0.25) is 9.59 Å². The summed E-state index contributed by atoms with van der Waals surface area (Å²) in [5.41, 5.74) is 3.55. The van der Waals surface area contributed by atoms with E-state index in [1.54, 1.807) is 48.0 Å². The molecule has 1 aliphatic rings. The predicted molar refractivity (Wildman–Crippen MR) is 114 cm³/mol. The molecule has 6 heteroatoms. The molecule has 0 radical (unpaired) electrons. The van der Waals surface area contributed by atoms with E-state index in [4.69, 9.17) is 9.47 Å². The number of hydrogen-bond acceptors (Lipinski definition) is 4. The molecule has 2 heterocycles. The Labute approximate surface area is 175 Å². The van der Waals surface area contributed by atoms with Crippen molar-refractivity contribution in [3.8, 4) is 11.5 Å². The van der Waals surface area contributed by atoms with Crippen LogP contribution in [0.25, 0.3) is 0 Å². The molecule has 0 aliphatic carbocycles. The molecule has 0 atom stereocenters. The van der Waals surface area contributed by atoms with Gasteiger partial charge in [0.2, 0.25) is 0 Å².